The van der Waals surface area contributed by atoms with Crippen molar-refractivity contribution in [2.45, 2.75) is 50.2 Å². The van der Waals surface area contributed by atoms with E-state index >= 15 is 0 Å². The fourth-order valence-corrected chi connectivity index (χ4v) is 1.67. The van der Waals surface area contributed by atoms with Crippen LogP contribution in [0.3, 0.4) is 0 Å². The van der Waals surface area contributed by atoms with E-state index in [2.05, 4.69) is 0 Å². The highest BCUT2D eigenvalue weighted by molar-refractivity contribution is 6.23. The molecule has 0 saturated heterocycles. The van der Waals surface area contributed by atoms with Gasteiger partial charge in [0.1, 0.15) is 0 Å². The number of hydrogen-bond donors (Lipinski definition) is 0. The van der Waals surface area contributed by atoms with Gasteiger partial charge in [0.25, 0.3) is 0 Å². The molecule has 0 amide bonds. The fraction of sp³-hybridized carbons (Fsp3) is 1.00. The lowest BCUT2D eigenvalue weighted by Gasteiger charge is -2.38. The van der Waals surface area contributed by atoms with Gasteiger partial charge in [-0.3, -0.25) is 0 Å². The Morgan fingerprint density at radius 2 is 1.70 bits per heavy atom. The summed E-state index contributed by atoms with van der Waals surface area (Å²) in [7, 11) is 11.9. The minimum absolute atomic E-state index is 0.0434. The Kier molecular flexibility index (Phi) is 2.49. The molecule has 0 bridgehead atoms. The van der Waals surface area contributed by atoms with E-state index in [0.717, 1.165) is 12.8 Å². The van der Waals surface area contributed by atoms with Crippen molar-refractivity contribution in [3.05, 3.63) is 0 Å². The maximum atomic E-state index is 6.08. The molecule has 1 fully saturated rings. The smallest absolute Gasteiger partial charge is 0.0739 e. The minimum Gasteiger partial charge on any atom is -0.0823 e. The largest absolute Gasteiger partial charge is 0.0823 e. The van der Waals surface area contributed by atoms with Crippen LogP contribution in [0.5, 0.6) is 0 Å². The van der Waals surface area contributed by atoms with Crippen molar-refractivity contribution in [1.29, 1.82) is 0 Å². The Bertz CT molecular complexity index is 104. The molecule has 52 valence electrons. The van der Waals surface area contributed by atoms with E-state index in [9.17, 15) is 0 Å². The predicted octanol–water partition coefficient (Wildman–Crippen LogP) is 2.25. The first-order chi connectivity index (χ1) is 4.65. The standard InChI is InChI=1S/C8H14B2/c1-7(9)8(10)5-3-2-4-6-8/h7H,2-6H2,1H3. The van der Waals surface area contributed by atoms with Crippen LogP contribution in [0, 0.1) is 0 Å². The van der Waals surface area contributed by atoms with Gasteiger partial charge in [-0.25, -0.2) is 0 Å². The molecule has 0 heterocycles. The van der Waals surface area contributed by atoms with Crippen molar-refractivity contribution in [2.24, 2.45) is 0 Å². The molecule has 1 atom stereocenters. The monoisotopic (exact) mass is 132 g/mol. The maximum absolute atomic E-state index is 6.08. The van der Waals surface area contributed by atoms with Crippen LogP contribution < -0.4 is 0 Å². The third-order valence-electron chi connectivity index (χ3n) is 2.69. The number of rotatable bonds is 1. The van der Waals surface area contributed by atoms with Crippen LogP contribution in [0.15, 0.2) is 0 Å². The average molecular weight is 132 g/mol. The van der Waals surface area contributed by atoms with Crippen molar-refractivity contribution in [2.75, 3.05) is 0 Å². The molecule has 0 spiro atoms. The number of hydrogen-bond acceptors (Lipinski definition) is 0. The van der Waals surface area contributed by atoms with Crippen LogP contribution in [0.4, 0.5) is 0 Å². The third kappa shape index (κ3) is 1.59. The van der Waals surface area contributed by atoms with Crippen molar-refractivity contribution in [3.63, 3.8) is 0 Å². The molecule has 0 N–H and O–H groups in total. The first-order valence-electron chi connectivity index (χ1n) is 4.20. The molecule has 0 nitrogen and oxygen atoms in total. The highest BCUT2D eigenvalue weighted by Gasteiger charge is 2.28. The Hall–Kier alpha value is 0.130. The van der Waals surface area contributed by atoms with E-state index in [-0.39, 0.29) is 11.1 Å². The van der Waals surface area contributed by atoms with Crippen molar-refractivity contribution >= 4 is 15.7 Å². The molecular weight excluding hydrogens is 118 g/mol. The zero-order valence-electron chi connectivity index (χ0n) is 6.77. The van der Waals surface area contributed by atoms with Crippen molar-refractivity contribution in [1.82, 2.24) is 0 Å². The molecule has 1 saturated carbocycles. The summed E-state index contributed by atoms with van der Waals surface area (Å²) in [4.78, 5) is 0. The van der Waals surface area contributed by atoms with Crippen LogP contribution >= 0.6 is 0 Å². The van der Waals surface area contributed by atoms with Gasteiger partial charge in [-0.05, 0) is 0 Å². The molecule has 0 aliphatic heterocycles. The lowest BCUT2D eigenvalue weighted by atomic mass is 9.49. The van der Waals surface area contributed by atoms with Gasteiger partial charge in [0.05, 0.1) is 15.7 Å². The Balaban J connectivity index is 2.48. The first kappa shape index (κ1) is 8.23. The van der Waals surface area contributed by atoms with Crippen LogP contribution in [0.25, 0.3) is 0 Å². The van der Waals surface area contributed by atoms with Crippen LogP contribution in [0.1, 0.15) is 39.0 Å². The summed E-state index contributed by atoms with van der Waals surface area (Å²) in [5.74, 6) is 0.160. The van der Waals surface area contributed by atoms with Crippen LogP contribution in [0.2, 0.25) is 11.1 Å². The van der Waals surface area contributed by atoms with E-state index in [1.807, 2.05) is 6.92 Å². The highest BCUT2D eigenvalue weighted by atomic mass is 14.3. The summed E-state index contributed by atoms with van der Waals surface area (Å²) >= 11 is 0. The van der Waals surface area contributed by atoms with Gasteiger partial charge < -0.3 is 0 Å². The van der Waals surface area contributed by atoms with Crippen LogP contribution in [-0.4, -0.2) is 15.7 Å². The van der Waals surface area contributed by atoms with E-state index in [1.165, 1.54) is 19.3 Å². The normalized spacial score (nSPS) is 27.7. The summed E-state index contributed by atoms with van der Waals surface area (Å²) in [5.41, 5.74) is 0. The minimum atomic E-state index is -0.0434. The van der Waals surface area contributed by atoms with E-state index in [1.54, 1.807) is 0 Å². The molecule has 10 heavy (non-hydrogen) atoms. The topological polar surface area (TPSA) is 0 Å². The fourth-order valence-electron chi connectivity index (χ4n) is 1.67. The quantitative estimate of drug-likeness (QED) is 0.479. The van der Waals surface area contributed by atoms with E-state index < -0.39 is 0 Å². The molecule has 4 radical (unpaired) electrons. The molecule has 2 heteroatoms. The maximum Gasteiger partial charge on any atom is 0.0739 e. The van der Waals surface area contributed by atoms with E-state index in [0.29, 0.717) is 0 Å². The second kappa shape index (κ2) is 3.02. The summed E-state index contributed by atoms with van der Waals surface area (Å²) in [5, 5.41) is -0.0434. The van der Waals surface area contributed by atoms with Gasteiger partial charge in [-0.2, -0.15) is 0 Å². The van der Waals surface area contributed by atoms with Crippen LogP contribution in [-0.2, 0) is 0 Å². The molecule has 0 aromatic heterocycles. The average Bonchev–Trinajstić information content (AvgIpc) is 1.89. The van der Waals surface area contributed by atoms with Gasteiger partial charge in [-0.15, -0.1) is 0 Å². The Morgan fingerprint density at radius 3 is 2.00 bits per heavy atom. The van der Waals surface area contributed by atoms with Gasteiger partial charge in [0, 0.05) is 0 Å². The lowest BCUT2D eigenvalue weighted by Crippen LogP contribution is -2.21. The zero-order chi connectivity index (χ0) is 7.61. The highest BCUT2D eigenvalue weighted by Crippen LogP contribution is 2.47. The molecular formula is C8H14B2. The summed E-state index contributed by atoms with van der Waals surface area (Å²) < 4.78 is 0. The van der Waals surface area contributed by atoms with Gasteiger partial charge in [0.2, 0.25) is 0 Å². The predicted molar refractivity (Wildman–Crippen MR) is 46.7 cm³/mol. The molecule has 0 aromatic carbocycles. The van der Waals surface area contributed by atoms with Crippen molar-refractivity contribution in [3.8, 4) is 0 Å². The summed E-state index contributed by atoms with van der Waals surface area (Å²) in [6.07, 6.45) is 6.09. The van der Waals surface area contributed by atoms with Gasteiger partial charge >= 0.3 is 0 Å². The zero-order valence-corrected chi connectivity index (χ0v) is 6.77. The summed E-state index contributed by atoms with van der Waals surface area (Å²) in [6.45, 7) is 2.02. The van der Waals surface area contributed by atoms with Gasteiger partial charge in [-0.1, -0.05) is 50.2 Å². The summed E-state index contributed by atoms with van der Waals surface area (Å²) in [6, 6.07) is 0. The Morgan fingerprint density at radius 1 is 1.20 bits per heavy atom. The Labute approximate surface area is 66.6 Å². The molecule has 1 aliphatic rings. The lowest BCUT2D eigenvalue weighted by molar-refractivity contribution is 0.370. The molecule has 1 unspecified atom stereocenters. The SMILES string of the molecule is [B]C(C)C1([B])CCCCC1. The molecule has 1 rings (SSSR count). The second-order valence-electron chi connectivity index (χ2n) is 3.58. The van der Waals surface area contributed by atoms with E-state index in [4.69, 9.17) is 15.7 Å². The first-order valence-corrected chi connectivity index (χ1v) is 4.20. The van der Waals surface area contributed by atoms with Gasteiger partial charge in [0.15, 0.2) is 0 Å². The van der Waals surface area contributed by atoms with Crippen molar-refractivity contribution < 1.29 is 0 Å². The molecule has 1 aliphatic carbocycles. The molecule has 0 aromatic rings. The third-order valence-corrected chi connectivity index (χ3v) is 2.69. The second-order valence-corrected chi connectivity index (χ2v) is 3.58.